The first-order chi connectivity index (χ1) is 8.33. The Kier molecular flexibility index (Phi) is 4.83. The number of hydrogen-bond donors (Lipinski definition) is 2. The summed E-state index contributed by atoms with van der Waals surface area (Å²) >= 11 is 5.98. The largest absolute Gasteiger partial charge is 0.358 e. The second kappa shape index (κ2) is 5.77. The molecule has 0 aliphatic carbocycles. The molecule has 1 aliphatic heterocycles. The van der Waals surface area contributed by atoms with Crippen LogP contribution in [-0.2, 0) is 14.8 Å². The molecule has 0 bridgehead atoms. The number of nitrogens with zero attached hydrogens (tertiary/aromatic N) is 2. The fourth-order valence-corrected chi connectivity index (χ4v) is 3.36. The van der Waals surface area contributed by atoms with Crippen LogP contribution in [0, 0.1) is 0 Å². The fourth-order valence-electron chi connectivity index (χ4n) is 1.52. The van der Waals surface area contributed by atoms with Gasteiger partial charge < -0.3 is 15.1 Å². The van der Waals surface area contributed by atoms with Gasteiger partial charge in [-0.1, -0.05) is 11.6 Å². The van der Waals surface area contributed by atoms with Crippen molar-refractivity contribution in [3.8, 4) is 0 Å². The predicted molar refractivity (Wildman–Crippen MR) is 68.9 cm³/mol. The molecule has 1 aliphatic rings. The molecule has 0 aromatic carbocycles. The first-order valence-electron chi connectivity index (χ1n) is 5.39. The van der Waals surface area contributed by atoms with E-state index in [2.05, 4.69) is 10.0 Å². The predicted octanol–water partition coefficient (Wildman–Crippen LogP) is -0.758. The highest BCUT2D eigenvalue weighted by Crippen LogP contribution is 2.28. The van der Waals surface area contributed by atoms with E-state index in [1.54, 1.807) is 16.8 Å². The van der Waals surface area contributed by atoms with Crippen molar-refractivity contribution in [2.45, 2.75) is 6.92 Å². The standard InChI is InChI=1S/C9H17ClN4O3S/c1-4-14-6-13(3)8(10)9(14)18(16,17)12-5-7(15)11-2/h12H,4-6H2,1-3H3,(H,11,15). The average molecular weight is 297 g/mol. The molecule has 0 saturated heterocycles. The van der Waals surface area contributed by atoms with Gasteiger partial charge in [0.2, 0.25) is 5.91 Å². The Morgan fingerprint density at radius 1 is 1.50 bits per heavy atom. The Bertz CT molecular complexity index is 462. The third-order valence-corrected chi connectivity index (χ3v) is 4.58. The summed E-state index contributed by atoms with van der Waals surface area (Å²) in [7, 11) is -0.652. The van der Waals surface area contributed by atoms with Gasteiger partial charge >= 0.3 is 0 Å². The van der Waals surface area contributed by atoms with E-state index in [9.17, 15) is 13.2 Å². The smallest absolute Gasteiger partial charge is 0.259 e. The van der Waals surface area contributed by atoms with Crippen LogP contribution in [0.15, 0.2) is 10.2 Å². The Morgan fingerprint density at radius 2 is 2.11 bits per heavy atom. The topological polar surface area (TPSA) is 81.8 Å². The molecule has 0 radical (unpaired) electrons. The van der Waals surface area contributed by atoms with Gasteiger partial charge in [0.15, 0.2) is 5.03 Å². The van der Waals surface area contributed by atoms with Crippen molar-refractivity contribution in [3.63, 3.8) is 0 Å². The lowest BCUT2D eigenvalue weighted by atomic mass is 10.6. The number of carbonyl (C=O) groups is 1. The van der Waals surface area contributed by atoms with Crippen molar-refractivity contribution in [2.75, 3.05) is 33.9 Å². The zero-order chi connectivity index (χ0) is 13.9. The molecule has 0 spiro atoms. The number of sulfonamides is 1. The molecule has 0 atom stereocenters. The van der Waals surface area contributed by atoms with Crippen molar-refractivity contribution in [2.24, 2.45) is 0 Å². The average Bonchev–Trinajstić information content (AvgIpc) is 2.62. The molecule has 1 rings (SSSR count). The molecular formula is C9H17ClN4O3S. The van der Waals surface area contributed by atoms with Crippen molar-refractivity contribution in [3.05, 3.63) is 10.2 Å². The summed E-state index contributed by atoms with van der Waals surface area (Å²) in [4.78, 5) is 14.3. The Morgan fingerprint density at radius 3 is 2.61 bits per heavy atom. The summed E-state index contributed by atoms with van der Waals surface area (Å²) < 4.78 is 26.4. The number of hydrogen-bond acceptors (Lipinski definition) is 5. The van der Waals surface area contributed by atoms with Crippen molar-refractivity contribution >= 4 is 27.5 Å². The number of carbonyl (C=O) groups excluding carboxylic acids is 1. The van der Waals surface area contributed by atoms with E-state index in [4.69, 9.17) is 11.6 Å². The molecule has 18 heavy (non-hydrogen) atoms. The van der Waals surface area contributed by atoms with E-state index >= 15 is 0 Å². The molecule has 1 heterocycles. The van der Waals surface area contributed by atoms with Crippen LogP contribution in [-0.4, -0.2) is 58.0 Å². The van der Waals surface area contributed by atoms with E-state index in [1.165, 1.54) is 7.05 Å². The van der Waals surface area contributed by atoms with E-state index < -0.39 is 15.9 Å². The first kappa shape index (κ1) is 15.1. The van der Waals surface area contributed by atoms with E-state index in [1.807, 2.05) is 6.92 Å². The van der Waals surface area contributed by atoms with Gasteiger partial charge in [-0.05, 0) is 6.92 Å². The second-order valence-electron chi connectivity index (χ2n) is 3.79. The monoisotopic (exact) mass is 296 g/mol. The van der Waals surface area contributed by atoms with E-state index in [-0.39, 0.29) is 16.7 Å². The number of amides is 1. The van der Waals surface area contributed by atoms with Crippen LogP contribution in [0.25, 0.3) is 0 Å². The van der Waals surface area contributed by atoms with Gasteiger partial charge in [-0.2, -0.15) is 0 Å². The summed E-state index contributed by atoms with van der Waals surface area (Å²) in [6.45, 7) is 2.44. The van der Waals surface area contributed by atoms with Crippen molar-refractivity contribution < 1.29 is 13.2 Å². The minimum Gasteiger partial charge on any atom is -0.358 e. The number of rotatable bonds is 5. The third-order valence-electron chi connectivity index (χ3n) is 2.52. The molecular weight excluding hydrogens is 280 g/mol. The Balaban J connectivity index is 2.93. The minimum atomic E-state index is -3.79. The Hall–Kier alpha value is -0.990. The SMILES string of the molecule is CCN1CN(C)C(Cl)=C1S(=O)(=O)NCC(=O)NC. The van der Waals surface area contributed by atoms with Crippen LogP contribution in [0.4, 0.5) is 0 Å². The summed E-state index contributed by atoms with van der Waals surface area (Å²) in [5.74, 6) is -0.412. The number of halogens is 1. The number of likely N-dealkylation sites (N-methyl/N-ethyl adjacent to an activating group) is 1. The molecule has 0 saturated carbocycles. The van der Waals surface area contributed by atoms with Gasteiger partial charge in [-0.25, -0.2) is 13.1 Å². The normalized spacial score (nSPS) is 16.4. The van der Waals surface area contributed by atoms with Crippen LogP contribution < -0.4 is 10.0 Å². The third kappa shape index (κ3) is 3.06. The highest BCUT2D eigenvalue weighted by atomic mass is 35.5. The fraction of sp³-hybridized carbons (Fsp3) is 0.667. The van der Waals surface area contributed by atoms with E-state index in [0.29, 0.717) is 13.2 Å². The van der Waals surface area contributed by atoms with Gasteiger partial charge in [-0.15, -0.1) is 0 Å². The maximum Gasteiger partial charge on any atom is 0.259 e. The molecule has 0 unspecified atom stereocenters. The summed E-state index contributed by atoms with van der Waals surface area (Å²) in [5, 5.41) is 2.50. The molecule has 2 N–H and O–H groups in total. The lowest BCUT2D eigenvalue weighted by molar-refractivity contribution is -0.119. The van der Waals surface area contributed by atoms with Crippen LogP contribution in [0.5, 0.6) is 0 Å². The van der Waals surface area contributed by atoms with Crippen molar-refractivity contribution in [1.29, 1.82) is 0 Å². The maximum absolute atomic E-state index is 12.1. The van der Waals surface area contributed by atoms with Crippen LogP contribution in [0.3, 0.4) is 0 Å². The van der Waals surface area contributed by atoms with Crippen LogP contribution in [0.1, 0.15) is 6.92 Å². The Labute approximate surface area is 112 Å². The quantitative estimate of drug-likeness (QED) is 0.652. The van der Waals surface area contributed by atoms with Gasteiger partial charge in [0, 0.05) is 20.6 Å². The van der Waals surface area contributed by atoms with Crippen LogP contribution in [0.2, 0.25) is 0 Å². The molecule has 0 aromatic rings. The molecule has 7 nitrogen and oxygen atoms in total. The molecule has 104 valence electrons. The molecule has 1 amide bonds. The summed E-state index contributed by atoms with van der Waals surface area (Å²) in [5.41, 5.74) is 0. The van der Waals surface area contributed by atoms with Gasteiger partial charge in [0.05, 0.1) is 13.2 Å². The number of nitrogens with one attached hydrogen (secondary N) is 2. The van der Waals surface area contributed by atoms with Gasteiger partial charge in [-0.3, -0.25) is 4.79 Å². The van der Waals surface area contributed by atoms with Crippen LogP contribution >= 0.6 is 11.6 Å². The zero-order valence-corrected chi connectivity index (χ0v) is 12.1. The highest BCUT2D eigenvalue weighted by molar-refractivity contribution is 7.93. The summed E-state index contributed by atoms with van der Waals surface area (Å²) in [6, 6.07) is 0. The maximum atomic E-state index is 12.1. The molecule has 0 aromatic heterocycles. The lowest BCUT2D eigenvalue weighted by Gasteiger charge is -2.19. The minimum absolute atomic E-state index is 0.0121. The highest BCUT2D eigenvalue weighted by Gasteiger charge is 2.34. The molecule has 0 fully saturated rings. The van der Waals surface area contributed by atoms with E-state index in [0.717, 1.165) is 0 Å². The van der Waals surface area contributed by atoms with Crippen molar-refractivity contribution in [1.82, 2.24) is 19.8 Å². The lowest BCUT2D eigenvalue weighted by Crippen LogP contribution is -2.38. The first-order valence-corrected chi connectivity index (χ1v) is 7.25. The molecule has 9 heteroatoms. The van der Waals surface area contributed by atoms with Gasteiger partial charge in [0.1, 0.15) is 5.16 Å². The second-order valence-corrected chi connectivity index (χ2v) is 5.83. The summed E-state index contributed by atoms with van der Waals surface area (Å²) in [6.07, 6.45) is 0. The zero-order valence-electron chi connectivity index (χ0n) is 10.5. The van der Waals surface area contributed by atoms with Gasteiger partial charge in [0.25, 0.3) is 10.0 Å².